The first kappa shape index (κ1) is 12.0. The van der Waals surface area contributed by atoms with Gasteiger partial charge in [0, 0.05) is 19.7 Å². The average molecular weight is 201 g/mol. The molecule has 1 saturated heterocycles. The Hall–Kier alpha value is -0.120. The lowest BCUT2D eigenvalue weighted by molar-refractivity contribution is -0.0688. The minimum Gasteiger partial charge on any atom is -0.379 e. The van der Waals surface area contributed by atoms with Gasteiger partial charge in [-0.2, -0.15) is 0 Å². The fourth-order valence-electron chi connectivity index (χ4n) is 1.64. The second kappa shape index (κ2) is 7.21. The summed E-state index contributed by atoms with van der Waals surface area (Å²) >= 11 is 0. The van der Waals surface area contributed by atoms with Crippen LogP contribution in [0.2, 0.25) is 0 Å². The molecule has 2 atom stereocenters. The Kier molecular flexibility index (Phi) is 6.15. The fourth-order valence-corrected chi connectivity index (χ4v) is 1.64. The SMILES string of the molecule is CCCCCOCC1CNCC(C)O1. The number of nitrogens with one attached hydrogen (secondary N) is 1. The molecule has 0 saturated carbocycles. The third-order valence-electron chi connectivity index (χ3n) is 2.42. The molecule has 0 aromatic carbocycles. The Bertz CT molecular complexity index is 141. The van der Waals surface area contributed by atoms with Crippen LogP contribution in [0.4, 0.5) is 0 Å². The van der Waals surface area contributed by atoms with E-state index in [0.717, 1.165) is 26.3 Å². The Morgan fingerprint density at radius 1 is 1.36 bits per heavy atom. The van der Waals surface area contributed by atoms with Crippen molar-refractivity contribution in [3.63, 3.8) is 0 Å². The molecule has 0 radical (unpaired) electrons. The average Bonchev–Trinajstić information content (AvgIpc) is 2.18. The molecule has 84 valence electrons. The van der Waals surface area contributed by atoms with Gasteiger partial charge in [-0.05, 0) is 13.3 Å². The second-order valence-electron chi connectivity index (χ2n) is 4.01. The van der Waals surface area contributed by atoms with Crippen LogP contribution in [0.25, 0.3) is 0 Å². The largest absolute Gasteiger partial charge is 0.379 e. The molecule has 1 aliphatic rings. The zero-order valence-corrected chi connectivity index (χ0v) is 9.42. The minimum absolute atomic E-state index is 0.250. The van der Waals surface area contributed by atoms with E-state index in [9.17, 15) is 0 Å². The number of unbranched alkanes of at least 4 members (excludes halogenated alkanes) is 2. The number of rotatable bonds is 6. The van der Waals surface area contributed by atoms with Gasteiger partial charge in [0.15, 0.2) is 0 Å². The summed E-state index contributed by atoms with van der Waals surface area (Å²) in [5.74, 6) is 0. The molecule has 3 nitrogen and oxygen atoms in total. The van der Waals surface area contributed by atoms with Crippen LogP contribution in [0.1, 0.15) is 33.1 Å². The van der Waals surface area contributed by atoms with Crippen LogP contribution in [0, 0.1) is 0 Å². The highest BCUT2D eigenvalue weighted by Crippen LogP contribution is 2.04. The zero-order valence-electron chi connectivity index (χ0n) is 9.42. The predicted molar refractivity (Wildman–Crippen MR) is 57.5 cm³/mol. The van der Waals surface area contributed by atoms with Crippen molar-refractivity contribution in [2.75, 3.05) is 26.3 Å². The second-order valence-corrected chi connectivity index (χ2v) is 4.01. The molecular formula is C11H23NO2. The molecule has 0 aromatic heterocycles. The Morgan fingerprint density at radius 3 is 2.93 bits per heavy atom. The van der Waals surface area contributed by atoms with Crippen LogP contribution in [0.15, 0.2) is 0 Å². The summed E-state index contributed by atoms with van der Waals surface area (Å²) in [5.41, 5.74) is 0. The van der Waals surface area contributed by atoms with E-state index in [1.165, 1.54) is 19.3 Å². The van der Waals surface area contributed by atoms with E-state index in [1.54, 1.807) is 0 Å². The monoisotopic (exact) mass is 201 g/mol. The van der Waals surface area contributed by atoms with Gasteiger partial charge in [-0.3, -0.25) is 0 Å². The summed E-state index contributed by atoms with van der Waals surface area (Å²) in [6.45, 7) is 7.81. The van der Waals surface area contributed by atoms with Crippen LogP contribution in [-0.2, 0) is 9.47 Å². The highest BCUT2D eigenvalue weighted by molar-refractivity contribution is 4.71. The topological polar surface area (TPSA) is 30.5 Å². The summed E-state index contributed by atoms with van der Waals surface area (Å²) in [7, 11) is 0. The first-order valence-corrected chi connectivity index (χ1v) is 5.77. The van der Waals surface area contributed by atoms with E-state index >= 15 is 0 Å². The first-order valence-electron chi connectivity index (χ1n) is 5.77. The van der Waals surface area contributed by atoms with Gasteiger partial charge in [0.25, 0.3) is 0 Å². The number of hydrogen-bond acceptors (Lipinski definition) is 3. The Labute approximate surface area is 87.2 Å². The van der Waals surface area contributed by atoms with Gasteiger partial charge in [0.05, 0.1) is 18.8 Å². The van der Waals surface area contributed by atoms with Crippen LogP contribution < -0.4 is 5.32 Å². The van der Waals surface area contributed by atoms with E-state index in [0.29, 0.717) is 6.10 Å². The first-order chi connectivity index (χ1) is 6.83. The maximum absolute atomic E-state index is 5.71. The number of ether oxygens (including phenoxy) is 2. The lowest BCUT2D eigenvalue weighted by atomic mass is 10.2. The van der Waals surface area contributed by atoms with E-state index < -0.39 is 0 Å². The Balaban J connectivity index is 1.95. The summed E-state index contributed by atoms with van der Waals surface area (Å²) in [6.07, 6.45) is 4.27. The molecule has 1 heterocycles. The van der Waals surface area contributed by atoms with Crippen LogP contribution in [0.5, 0.6) is 0 Å². The summed E-state index contributed by atoms with van der Waals surface area (Å²) < 4.78 is 11.3. The van der Waals surface area contributed by atoms with E-state index in [2.05, 4.69) is 19.2 Å². The third-order valence-corrected chi connectivity index (χ3v) is 2.42. The van der Waals surface area contributed by atoms with Crippen molar-refractivity contribution in [2.24, 2.45) is 0 Å². The highest BCUT2D eigenvalue weighted by Gasteiger charge is 2.18. The van der Waals surface area contributed by atoms with Gasteiger partial charge < -0.3 is 14.8 Å². The van der Waals surface area contributed by atoms with Crippen molar-refractivity contribution in [2.45, 2.75) is 45.3 Å². The molecule has 1 aliphatic heterocycles. The van der Waals surface area contributed by atoms with Crippen LogP contribution in [0.3, 0.4) is 0 Å². The van der Waals surface area contributed by atoms with Gasteiger partial charge in [-0.25, -0.2) is 0 Å². The van der Waals surface area contributed by atoms with Crippen molar-refractivity contribution >= 4 is 0 Å². The Morgan fingerprint density at radius 2 is 2.21 bits per heavy atom. The third kappa shape index (κ3) is 4.94. The van der Waals surface area contributed by atoms with E-state index in [-0.39, 0.29) is 6.10 Å². The molecular weight excluding hydrogens is 178 g/mol. The molecule has 0 bridgehead atoms. The van der Waals surface area contributed by atoms with Crippen LogP contribution in [-0.4, -0.2) is 38.5 Å². The molecule has 0 aromatic rings. The van der Waals surface area contributed by atoms with Crippen molar-refractivity contribution in [3.8, 4) is 0 Å². The van der Waals surface area contributed by atoms with Gasteiger partial charge >= 0.3 is 0 Å². The van der Waals surface area contributed by atoms with Crippen molar-refractivity contribution in [1.29, 1.82) is 0 Å². The summed E-state index contributed by atoms with van der Waals surface area (Å²) in [5, 5.41) is 3.33. The molecule has 14 heavy (non-hydrogen) atoms. The van der Waals surface area contributed by atoms with Crippen LogP contribution >= 0.6 is 0 Å². The van der Waals surface area contributed by atoms with Gasteiger partial charge in [-0.15, -0.1) is 0 Å². The molecule has 1 N–H and O–H groups in total. The molecule has 2 unspecified atom stereocenters. The summed E-state index contributed by atoms with van der Waals surface area (Å²) in [4.78, 5) is 0. The maximum Gasteiger partial charge on any atom is 0.0936 e. The fraction of sp³-hybridized carbons (Fsp3) is 1.00. The van der Waals surface area contributed by atoms with Crippen molar-refractivity contribution in [1.82, 2.24) is 5.32 Å². The smallest absolute Gasteiger partial charge is 0.0936 e. The highest BCUT2D eigenvalue weighted by atomic mass is 16.5. The summed E-state index contributed by atoms with van der Waals surface area (Å²) in [6, 6.07) is 0. The molecule has 0 amide bonds. The standard InChI is InChI=1S/C11H23NO2/c1-3-4-5-6-13-9-11-8-12-7-10(2)14-11/h10-12H,3-9H2,1-2H3. The van der Waals surface area contributed by atoms with Gasteiger partial charge in [0.2, 0.25) is 0 Å². The zero-order chi connectivity index (χ0) is 10.2. The molecule has 3 heteroatoms. The van der Waals surface area contributed by atoms with Gasteiger partial charge in [0.1, 0.15) is 0 Å². The molecule has 1 rings (SSSR count). The van der Waals surface area contributed by atoms with E-state index in [4.69, 9.17) is 9.47 Å². The van der Waals surface area contributed by atoms with Crippen molar-refractivity contribution in [3.05, 3.63) is 0 Å². The number of morpholine rings is 1. The lowest BCUT2D eigenvalue weighted by Crippen LogP contribution is -2.45. The normalized spacial score (nSPS) is 27.9. The predicted octanol–water partition coefficient (Wildman–Crippen LogP) is 1.57. The molecule has 0 spiro atoms. The number of hydrogen-bond donors (Lipinski definition) is 1. The van der Waals surface area contributed by atoms with E-state index in [1.807, 2.05) is 0 Å². The lowest BCUT2D eigenvalue weighted by Gasteiger charge is -2.28. The maximum atomic E-state index is 5.71. The minimum atomic E-state index is 0.250. The molecule has 0 aliphatic carbocycles. The quantitative estimate of drug-likeness (QED) is 0.662. The molecule has 1 fully saturated rings. The van der Waals surface area contributed by atoms with Gasteiger partial charge in [-0.1, -0.05) is 19.8 Å². The van der Waals surface area contributed by atoms with Crippen molar-refractivity contribution < 1.29 is 9.47 Å².